The lowest BCUT2D eigenvalue weighted by molar-refractivity contribution is -0.131. The van der Waals surface area contributed by atoms with Gasteiger partial charge in [-0.15, -0.1) is 0 Å². The Kier molecular flexibility index (Phi) is 3.69. The summed E-state index contributed by atoms with van der Waals surface area (Å²) in [6.45, 7) is 1.70. The molecule has 2 N–H and O–H groups in total. The van der Waals surface area contributed by atoms with Crippen molar-refractivity contribution in [1.82, 2.24) is 20.2 Å². The van der Waals surface area contributed by atoms with Crippen LogP contribution in [0.4, 0.5) is 0 Å². The number of aromatic amines is 1. The molecule has 5 nitrogen and oxygen atoms in total. The van der Waals surface area contributed by atoms with Gasteiger partial charge in [0.2, 0.25) is 5.91 Å². The van der Waals surface area contributed by atoms with Gasteiger partial charge >= 0.3 is 0 Å². The molecule has 0 spiro atoms. The number of nitrogens with zero attached hydrogens (tertiary/aromatic N) is 2. The second-order valence-corrected chi connectivity index (χ2v) is 5.33. The van der Waals surface area contributed by atoms with Crippen LogP contribution in [0.15, 0.2) is 24.5 Å². The fourth-order valence-corrected chi connectivity index (χ4v) is 2.85. The zero-order chi connectivity index (χ0) is 13.9. The minimum atomic E-state index is 0.212. The molecule has 1 saturated heterocycles. The normalized spacial score (nSPS) is 16.8. The predicted molar refractivity (Wildman–Crippen MR) is 78.5 cm³/mol. The number of aromatic nitrogens is 2. The summed E-state index contributed by atoms with van der Waals surface area (Å²) in [6, 6.07) is 4.47. The van der Waals surface area contributed by atoms with Gasteiger partial charge in [0.1, 0.15) is 5.65 Å². The molecule has 0 unspecified atom stereocenters. The van der Waals surface area contributed by atoms with Gasteiger partial charge in [0.25, 0.3) is 0 Å². The number of amides is 1. The van der Waals surface area contributed by atoms with Crippen molar-refractivity contribution in [2.24, 2.45) is 0 Å². The molecule has 0 radical (unpaired) electrons. The van der Waals surface area contributed by atoms with Gasteiger partial charge in [0.05, 0.1) is 6.42 Å². The molecule has 106 valence electrons. The third-order valence-corrected chi connectivity index (χ3v) is 4.13. The number of rotatable bonds is 3. The lowest BCUT2D eigenvalue weighted by atomic mass is 10.0. The van der Waals surface area contributed by atoms with Crippen LogP contribution in [-0.4, -0.2) is 47.0 Å². The Morgan fingerprint density at radius 3 is 3.05 bits per heavy atom. The predicted octanol–water partition coefficient (Wildman–Crippen LogP) is 1.32. The van der Waals surface area contributed by atoms with Crippen molar-refractivity contribution < 1.29 is 4.79 Å². The summed E-state index contributed by atoms with van der Waals surface area (Å²) in [5.74, 6) is 0.212. The highest BCUT2D eigenvalue weighted by atomic mass is 16.2. The van der Waals surface area contributed by atoms with Gasteiger partial charge in [-0.1, -0.05) is 0 Å². The Morgan fingerprint density at radius 1 is 1.50 bits per heavy atom. The minimum absolute atomic E-state index is 0.212. The largest absolute Gasteiger partial charge is 0.346 e. The number of piperidine rings is 1. The van der Waals surface area contributed by atoms with Gasteiger partial charge in [-0.25, -0.2) is 4.98 Å². The standard InChI is InChI=1S/C15H20N4O/c1-16-12-4-7-19(8-5-12)14(20)9-11-10-18-15-13(11)3-2-6-17-15/h2-3,6,10,12,16H,4-5,7-9H2,1H3,(H,17,18). The Morgan fingerprint density at radius 2 is 2.30 bits per heavy atom. The van der Waals surface area contributed by atoms with E-state index in [9.17, 15) is 4.79 Å². The number of likely N-dealkylation sites (tertiary alicyclic amines) is 1. The van der Waals surface area contributed by atoms with Crippen LogP contribution in [0.3, 0.4) is 0 Å². The zero-order valence-corrected chi connectivity index (χ0v) is 11.7. The first-order valence-corrected chi connectivity index (χ1v) is 7.14. The van der Waals surface area contributed by atoms with E-state index in [-0.39, 0.29) is 5.91 Å². The highest BCUT2D eigenvalue weighted by Crippen LogP contribution is 2.18. The summed E-state index contributed by atoms with van der Waals surface area (Å²) >= 11 is 0. The summed E-state index contributed by atoms with van der Waals surface area (Å²) in [4.78, 5) is 21.7. The van der Waals surface area contributed by atoms with Gasteiger partial charge in [-0.05, 0) is 37.6 Å². The molecular weight excluding hydrogens is 252 g/mol. The molecule has 1 fully saturated rings. The van der Waals surface area contributed by atoms with Crippen LogP contribution in [-0.2, 0) is 11.2 Å². The van der Waals surface area contributed by atoms with E-state index in [1.54, 1.807) is 6.20 Å². The fourth-order valence-electron chi connectivity index (χ4n) is 2.85. The third-order valence-electron chi connectivity index (χ3n) is 4.13. The Hall–Kier alpha value is -1.88. The molecule has 1 aliphatic rings. The van der Waals surface area contributed by atoms with E-state index in [4.69, 9.17) is 0 Å². The molecule has 0 saturated carbocycles. The van der Waals surface area contributed by atoms with Gasteiger partial charge in [-0.2, -0.15) is 0 Å². The van der Waals surface area contributed by atoms with E-state index < -0.39 is 0 Å². The molecule has 0 atom stereocenters. The summed E-state index contributed by atoms with van der Waals surface area (Å²) in [6.07, 6.45) is 6.19. The maximum absolute atomic E-state index is 12.4. The first-order valence-electron chi connectivity index (χ1n) is 7.14. The van der Waals surface area contributed by atoms with Crippen molar-refractivity contribution in [3.05, 3.63) is 30.1 Å². The zero-order valence-electron chi connectivity index (χ0n) is 11.7. The van der Waals surface area contributed by atoms with E-state index >= 15 is 0 Å². The average Bonchev–Trinajstić information content (AvgIpc) is 2.91. The summed E-state index contributed by atoms with van der Waals surface area (Å²) in [7, 11) is 1.99. The molecule has 2 aromatic heterocycles. The van der Waals surface area contributed by atoms with Crippen molar-refractivity contribution in [2.75, 3.05) is 20.1 Å². The van der Waals surface area contributed by atoms with Crippen LogP contribution >= 0.6 is 0 Å². The number of fused-ring (bicyclic) bond motifs is 1. The molecule has 0 bridgehead atoms. The first-order chi connectivity index (χ1) is 9.78. The van der Waals surface area contributed by atoms with E-state index in [2.05, 4.69) is 15.3 Å². The number of H-pyrrole nitrogens is 1. The van der Waals surface area contributed by atoms with Gasteiger partial charge < -0.3 is 15.2 Å². The summed E-state index contributed by atoms with van der Waals surface area (Å²) < 4.78 is 0. The van der Waals surface area contributed by atoms with Crippen molar-refractivity contribution in [3.8, 4) is 0 Å². The SMILES string of the molecule is CNC1CCN(C(=O)Cc2c[nH]c3ncccc23)CC1. The summed E-state index contributed by atoms with van der Waals surface area (Å²) in [5.41, 5.74) is 1.89. The Balaban J connectivity index is 1.67. The molecule has 1 aliphatic heterocycles. The number of hydrogen-bond donors (Lipinski definition) is 2. The Labute approximate surface area is 118 Å². The third kappa shape index (κ3) is 2.54. The average molecular weight is 272 g/mol. The maximum Gasteiger partial charge on any atom is 0.227 e. The molecule has 1 amide bonds. The lowest BCUT2D eigenvalue weighted by Gasteiger charge is -2.31. The van der Waals surface area contributed by atoms with Crippen molar-refractivity contribution in [2.45, 2.75) is 25.3 Å². The van der Waals surface area contributed by atoms with Crippen LogP contribution in [0.25, 0.3) is 11.0 Å². The molecule has 0 aromatic carbocycles. The van der Waals surface area contributed by atoms with Gasteiger partial charge in [-0.3, -0.25) is 4.79 Å². The van der Waals surface area contributed by atoms with Crippen molar-refractivity contribution >= 4 is 16.9 Å². The van der Waals surface area contributed by atoms with Gasteiger partial charge in [0, 0.05) is 36.9 Å². The second kappa shape index (κ2) is 5.63. The highest BCUT2D eigenvalue weighted by molar-refractivity contribution is 5.87. The van der Waals surface area contributed by atoms with Crippen molar-refractivity contribution in [3.63, 3.8) is 0 Å². The second-order valence-electron chi connectivity index (χ2n) is 5.33. The number of carbonyl (C=O) groups is 1. The first kappa shape index (κ1) is 13.1. The maximum atomic E-state index is 12.4. The monoisotopic (exact) mass is 272 g/mol. The molecule has 3 heterocycles. The molecule has 2 aromatic rings. The van der Waals surface area contributed by atoms with Crippen molar-refractivity contribution in [1.29, 1.82) is 0 Å². The van der Waals surface area contributed by atoms with Crippen LogP contribution < -0.4 is 5.32 Å². The van der Waals surface area contributed by atoms with Crippen LogP contribution in [0.5, 0.6) is 0 Å². The molecule has 20 heavy (non-hydrogen) atoms. The van der Waals surface area contributed by atoms with E-state index in [1.807, 2.05) is 30.3 Å². The number of carbonyl (C=O) groups excluding carboxylic acids is 1. The van der Waals surface area contributed by atoms with Crippen LogP contribution in [0.2, 0.25) is 0 Å². The molecular formula is C15H20N4O. The Bertz CT molecular complexity index is 599. The molecule has 3 rings (SSSR count). The number of hydrogen-bond acceptors (Lipinski definition) is 3. The molecule has 5 heteroatoms. The minimum Gasteiger partial charge on any atom is -0.346 e. The van der Waals surface area contributed by atoms with E-state index in [1.165, 1.54) is 0 Å². The molecule has 0 aliphatic carbocycles. The number of pyridine rings is 1. The van der Waals surface area contributed by atoms with Crippen LogP contribution in [0.1, 0.15) is 18.4 Å². The van der Waals surface area contributed by atoms with Crippen LogP contribution in [0, 0.1) is 0 Å². The van der Waals surface area contributed by atoms with E-state index in [0.29, 0.717) is 12.5 Å². The van der Waals surface area contributed by atoms with E-state index in [0.717, 1.165) is 42.5 Å². The summed E-state index contributed by atoms with van der Waals surface area (Å²) in [5, 5.41) is 4.33. The lowest BCUT2D eigenvalue weighted by Crippen LogP contribution is -2.44. The topological polar surface area (TPSA) is 61.0 Å². The highest BCUT2D eigenvalue weighted by Gasteiger charge is 2.22. The quantitative estimate of drug-likeness (QED) is 0.886. The number of nitrogens with one attached hydrogen (secondary N) is 2. The smallest absolute Gasteiger partial charge is 0.227 e. The fraction of sp³-hybridized carbons (Fsp3) is 0.467. The van der Waals surface area contributed by atoms with Gasteiger partial charge in [0.15, 0.2) is 0 Å².